The molecule has 3 amide bonds. The molecule has 0 radical (unpaired) electrons. The van der Waals surface area contributed by atoms with Crippen molar-refractivity contribution in [2.75, 3.05) is 11.9 Å². The van der Waals surface area contributed by atoms with E-state index in [4.69, 9.17) is 25.8 Å². The van der Waals surface area contributed by atoms with Crippen molar-refractivity contribution >= 4 is 48.0 Å². The number of hydrogen-bond acceptors (Lipinski definition) is 5. The third-order valence-electron chi connectivity index (χ3n) is 6.17. The van der Waals surface area contributed by atoms with Gasteiger partial charge < -0.3 is 19.2 Å². The average Bonchev–Trinajstić information content (AvgIpc) is 3.28. The highest BCUT2D eigenvalue weighted by molar-refractivity contribution is 7.46. The molecule has 1 aromatic heterocycles. The van der Waals surface area contributed by atoms with E-state index in [0.29, 0.717) is 29.0 Å². The molecule has 3 N–H and O–H groups in total. The monoisotopic (exact) mass is 573 g/mol. The Balaban J connectivity index is 1.35. The Morgan fingerprint density at radius 1 is 1.18 bits per heavy atom. The van der Waals surface area contributed by atoms with Crippen LogP contribution in [-0.2, 0) is 24.2 Å². The SMILES string of the molecule is CN1Cc2ccc(C(=O)NCc3cc4cc(OP(=O)(O)O)ccc4o3)cc2N(Cc2c(F)cccc2Cl)C1=O. The lowest BCUT2D eigenvalue weighted by Crippen LogP contribution is -2.45. The number of anilines is 1. The molecule has 0 unspecified atom stereocenters. The van der Waals surface area contributed by atoms with Gasteiger partial charge in [-0.05, 0) is 54.1 Å². The number of fused-ring (bicyclic) bond motifs is 2. The number of benzene rings is 3. The van der Waals surface area contributed by atoms with Crippen LogP contribution in [0, 0.1) is 5.82 Å². The van der Waals surface area contributed by atoms with E-state index >= 15 is 0 Å². The van der Waals surface area contributed by atoms with Crippen LogP contribution in [0.3, 0.4) is 0 Å². The Hall–Kier alpha value is -3.89. The summed E-state index contributed by atoms with van der Waals surface area (Å²) in [4.78, 5) is 46.9. The third-order valence-corrected chi connectivity index (χ3v) is 6.97. The first-order valence-electron chi connectivity index (χ1n) is 11.6. The minimum atomic E-state index is -4.70. The number of nitrogens with zero attached hydrogens (tertiary/aromatic N) is 2. The van der Waals surface area contributed by atoms with Gasteiger partial charge in [0.25, 0.3) is 5.91 Å². The molecule has 0 saturated carbocycles. The zero-order valence-electron chi connectivity index (χ0n) is 20.4. The van der Waals surface area contributed by atoms with Crippen molar-refractivity contribution in [1.82, 2.24) is 10.2 Å². The van der Waals surface area contributed by atoms with Gasteiger partial charge in [0.1, 0.15) is 22.9 Å². The number of phosphoric ester groups is 1. The fraction of sp³-hybridized carbons (Fsp3) is 0.154. The molecular weight excluding hydrogens is 552 g/mol. The molecule has 1 aliphatic rings. The highest BCUT2D eigenvalue weighted by Crippen LogP contribution is 2.39. The molecule has 0 fully saturated rings. The van der Waals surface area contributed by atoms with E-state index in [-0.39, 0.29) is 41.0 Å². The number of urea groups is 1. The van der Waals surface area contributed by atoms with Gasteiger partial charge in [0.2, 0.25) is 0 Å². The van der Waals surface area contributed by atoms with E-state index in [0.717, 1.165) is 5.56 Å². The summed E-state index contributed by atoms with van der Waals surface area (Å²) in [5.41, 5.74) is 2.15. The molecule has 3 aromatic carbocycles. The first-order chi connectivity index (χ1) is 18.5. The molecule has 0 saturated heterocycles. The van der Waals surface area contributed by atoms with Crippen molar-refractivity contribution in [3.05, 3.63) is 94.0 Å². The summed E-state index contributed by atoms with van der Waals surface area (Å²) in [7, 11) is -3.07. The summed E-state index contributed by atoms with van der Waals surface area (Å²) in [5.74, 6) is -0.593. The maximum atomic E-state index is 14.5. The number of carbonyl (C=O) groups is 2. The van der Waals surface area contributed by atoms with Crippen LogP contribution in [-0.4, -0.2) is 33.7 Å². The van der Waals surface area contributed by atoms with Crippen LogP contribution in [0.1, 0.15) is 27.2 Å². The Morgan fingerprint density at radius 3 is 2.72 bits per heavy atom. The number of furan rings is 1. The van der Waals surface area contributed by atoms with Gasteiger partial charge in [-0.15, -0.1) is 0 Å². The van der Waals surface area contributed by atoms with Crippen LogP contribution in [0.25, 0.3) is 11.0 Å². The summed E-state index contributed by atoms with van der Waals surface area (Å²) in [5, 5.41) is 3.48. The number of rotatable bonds is 7. The van der Waals surface area contributed by atoms with Crippen LogP contribution < -0.4 is 14.7 Å². The second-order valence-corrected chi connectivity index (χ2v) is 10.5. The molecule has 10 nitrogen and oxygen atoms in total. The molecule has 0 aliphatic carbocycles. The second-order valence-electron chi connectivity index (χ2n) is 8.95. The van der Waals surface area contributed by atoms with E-state index in [1.54, 1.807) is 37.4 Å². The summed E-state index contributed by atoms with van der Waals surface area (Å²) in [6.45, 7) is 0.235. The van der Waals surface area contributed by atoms with Gasteiger partial charge >= 0.3 is 13.9 Å². The average molecular weight is 574 g/mol. The highest BCUT2D eigenvalue weighted by atomic mass is 35.5. The number of phosphoric acid groups is 1. The van der Waals surface area contributed by atoms with Crippen LogP contribution >= 0.6 is 19.4 Å². The third kappa shape index (κ3) is 5.76. The molecule has 0 atom stereocenters. The molecule has 13 heteroatoms. The van der Waals surface area contributed by atoms with Crippen LogP contribution in [0.2, 0.25) is 5.02 Å². The van der Waals surface area contributed by atoms with Gasteiger partial charge in [-0.25, -0.2) is 13.8 Å². The zero-order chi connectivity index (χ0) is 27.9. The Morgan fingerprint density at radius 2 is 1.97 bits per heavy atom. The fourth-order valence-corrected chi connectivity index (χ4v) is 4.95. The topological polar surface area (TPSA) is 133 Å². The van der Waals surface area contributed by atoms with Crippen molar-refractivity contribution in [1.29, 1.82) is 0 Å². The summed E-state index contributed by atoms with van der Waals surface area (Å²) >= 11 is 6.20. The lowest BCUT2D eigenvalue weighted by molar-refractivity contribution is 0.0948. The molecule has 2 heterocycles. The first kappa shape index (κ1) is 26.7. The minimum absolute atomic E-state index is 0.0233. The summed E-state index contributed by atoms with van der Waals surface area (Å²) < 4.78 is 35.9. The summed E-state index contributed by atoms with van der Waals surface area (Å²) in [6.07, 6.45) is 0. The van der Waals surface area contributed by atoms with Crippen molar-refractivity contribution in [3.8, 4) is 5.75 Å². The predicted molar refractivity (Wildman–Crippen MR) is 141 cm³/mol. The molecule has 202 valence electrons. The lowest BCUT2D eigenvalue weighted by atomic mass is 10.0. The van der Waals surface area contributed by atoms with Crippen molar-refractivity contribution < 1.29 is 37.3 Å². The predicted octanol–water partition coefficient (Wildman–Crippen LogP) is 5.20. The second kappa shape index (κ2) is 10.3. The number of amides is 3. The number of nitrogens with one attached hydrogen (secondary N) is 1. The summed E-state index contributed by atoms with van der Waals surface area (Å²) in [6, 6.07) is 14.8. The first-order valence-corrected chi connectivity index (χ1v) is 13.5. The Kier molecular flexibility index (Phi) is 7.09. The Bertz CT molecular complexity index is 1630. The normalized spacial score (nSPS) is 13.5. The molecule has 5 rings (SSSR count). The van der Waals surface area contributed by atoms with E-state index in [1.165, 1.54) is 40.1 Å². The maximum Gasteiger partial charge on any atom is 0.524 e. The fourth-order valence-electron chi connectivity index (χ4n) is 4.34. The Labute approximate surface area is 226 Å². The van der Waals surface area contributed by atoms with Crippen molar-refractivity contribution in [2.45, 2.75) is 19.6 Å². The van der Waals surface area contributed by atoms with E-state index < -0.39 is 19.5 Å². The van der Waals surface area contributed by atoms with E-state index in [1.807, 2.05) is 0 Å². The standard InChI is InChI=1S/C26H22ClFN3O7P/c1-30-13-16-6-5-15(11-23(16)31(26(30)33)14-20-21(27)3-2-4-22(20)28)25(32)29-12-19-10-17-9-18(38-39(34,35)36)7-8-24(17)37-19/h2-11H,12-14H2,1H3,(H,29,32)(H2,34,35,36). The van der Waals surface area contributed by atoms with Gasteiger partial charge in [0, 0.05) is 35.1 Å². The minimum Gasteiger partial charge on any atom is -0.459 e. The molecule has 39 heavy (non-hydrogen) atoms. The molecular formula is C26H22ClFN3O7P. The van der Waals surface area contributed by atoms with Crippen LogP contribution in [0.15, 0.2) is 65.1 Å². The largest absolute Gasteiger partial charge is 0.524 e. The zero-order valence-corrected chi connectivity index (χ0v) is 22.1. The number of carbonyl (C=O) groups excluding carboxylic acids is 2. The number of hydrogen-bond donors (Lipinski definition) is 3. The van der Waals surface area contributed by atoms with Gasteiger partial charge in [-0.1, -0.05) is 23.7 Å². The molecule has 4 aromatic rings. The van der Waals surface area contributed by atoms with Crippen molar-refractivity contribution in [2.24, 2.45) is 0 Å². The molecule has 1 aliphatic heterocycles. The van der Waals surface area contributed by atoms with Gasteiger partial charge in [0.05, 0.1) is 18.8 Å². The van der Waals surface area contributed by atoms with E-state index in [9.17, 15) is 18.5 Å². The van der Waals surface area contributed by atoms with Gasteiger partial charge in [-0.2, -0.15) is 0 Å². The van der Waals surface area contributed by atoms with Crippen LogP contribution in [0.5, 0.6) is 5.75 Å². The number of halogens is 2. The van der Waals surface area contributed by atoms with Gasteiger partial charge in [0.15, 0.2) is 0 Å². The quantitative estimate of drug-likeness (QED) is 0.259. The molecule has 0 bridgehead atoms. The highest BCUT2D eigenvalue weighted by Gasteiger charge is 2.30. The molecule has 0 spiro atoms. The lowest BCUT2D eigenvalue weighted by Gasteiger charge is -2.35. The van der Waals surface area contributed by atoms with Crippen molar-refractivity contribution in [3.63, 3.8) is 0 Å². The van der Waals surface area contributed by atoms with E-state index in [2.05, 4.69) is 9.84 Å². The van der Waals surface area contributed by atoms with Gasteiger partial charge in [-0.3, -0.25) is 19.5 Å². The van der Waals surface area contributed by atoms with Crippen LogP contribution in [0.4, 0.5) is 14.9 Å². The maximum absolute atomic E-state index is 14.5. The smallest absolute Gasteiger partial charge is 0.459 e.